The zero-order chi connectivity index (χ0) is 16.8. The number of rotatable bonds is 4. The fourth-order valence-electron chi connectivity index (χ4n) is 3.30. The Morgan fingerprint density at radius 1 is 0.630 bits per heavy atom. The van der Waals surface area contributed by atoms with E-state index in [-0.39, 0.29) is 40.7 Å². The predicted octanol–water partition coefficient (Wildman–Crippen LogP) is 7.92. The van der Waals surface area contributed by atoms with Crippen LogP contribution >= 0.6 is 0 Å². The predicted molar refractivity (Wildman–Crippen MR) is 120 cm³/mol. The first-order valence-corrected chi connectivity index (χ1v) is 9.09. The van der Waals surface area contributed by atoms with E-state index in [0.717, 1.165) is 0 Å². The van der Waals surface area contributed by atoms with Crippen LogP contribution < -0.4 is 0 Å². The normalized spacial score (nSPS) is 9.56. The van der Waals surface area contributed by atoms with Crippen LogP contribution in [0, 0.1) is 14.9 Å². The van der Waals surface area contributed by atoms with Crippen LogP contribution in [0.15, 0.2) is 72.8 Å². The Hall–Kier alpha value is -1.47. The van der Waals surface area contributed by atoms with Gasteiger partial charge in [0, 0.05) is 0 Å². The Morgan fingerprint density at radius 3 is 1.33 bits per heavy atom. The molecular formula is C26H32Hf. The number of hydrogen-bond acceptors (Lipinski definition) is 0. The first kappa shape index (κ1) is 25.5. The zero-order valence-electron chi connectivity index (χ0n) is 17.3. The third-order valence-corrected chi connectivity index (χ3v) is 4.43. The van der Waals surface area contributed by atoms with Crippen LogP contribution in [0.5, 0.6) is 0 Å². The van der Waals surface area contributed by atoms with E-state index < -0.39 is 0 Å². The van der Waals surface area contributed by atoms with Crippen molar-refractivity contribution >= 4 is 21.5 Å². The van der Waals surface area contributed by atoms with Crippen LogP contribution in [0.3, 0.4) is 0 Å². The second-order valence-corrected chi connectivity index (χ2v) is 6.49. The molecule has 0 nitrogen and oxygen atoms in total. The average Bonchev–Trinajstić information content (AvgIpc) is 3.18. The van der Waals surface area contributed by atoms with E-state index in [0.29, 0.717) is 0 Å². The molecule has 4 aromatic rings. The van der Waals surface area contributed by atoms with E-state index in [1.54, 1.807) is 0 Å². The van der Waals surface area contributed by atoms with Gasteiger partial charge in [0.25, 0.3) is 0 Å². The molecule has 27 heavy (non-hydrogen) atoms. The summed E-state index contributed by atoms with van der Waals surface area (Å²) in [4.78, 5) is 0. The summed E-state index contributed by atoms with van der Waals surface area (Å²) in [6.45, 7) is 4.44. The van der Waals surface area contributed by atoms with Crippen LogP contribution in [0.4, 0.5) is 0 Å². The van der Waals surface area contributed by atoms with Crippen molar-refractivity contribution in [1.29, 1.82) is 0 Å². The van der Waals surface area contributed by atoms with Gasteiger partial charge in [0.15, 0.2) is 0 Å². The van der Waals surface area contributed by atoms with Gasteiger partial charge in [-0.2, -0.15) is 12.1 Å². The van der Waals surface area contributed by atoms with E-state index in [1.165, 1.54) is 58.4 Å². The quantitative estimate of drug-likeness (QED) is 0.189. The molecule has 140 valence electrons. The second kappa shape index (κ2) is 12.8. The summed E-state index contributed by atoms with van der Waals surface area (Å²) < 4.78 is 0. The maximum Gasteiger partial charge on any atom is 4.00 e. The standard InChI is InChI=1S/2C12H13.2CH3.Hf/c2*1-2-5-10-8-11-6-3-4-7-12(11)9-10;;;/h2*3-4,6-9H,2,5H2,1H3;2*1H3;/q4*-1;+4. The fraction of sp³-hybridized carbons (Fsp3) is 0.231. The van der Waals surface area contributed by atoms with Gasteiger partial charge in [-0.15, -0.1) is 81.2 Å². The van der Waals surface area contributed by atoms with Crippen molar-refractivity contribution in [3.63, 3.8) is 0 Å². The van der Waals surface area contributed by atoms with Gasteiger partial charge in [-0.05, 0) is 12.8 Å². The number of fused-ring (bicyclic) bond motifs is 2. The molecule has 0 aliphatic heterocycles. The Labute approximate surface area is 185 Å². The molecule has 0 aliphatic carbocycles. The molecular weight excluding hydrogens is 491 g/mol. The molecule has 0 saturated carbocycles. The van der Waals surface area contributed by atoms with Crippen LogP contribution in [0.2, 0.25) is 0 Å². The monoisotopic (exact) mass is 524 g/mol. The zero-order valence-corrected chi connectivity index (χ0v) is 20.8. The van der Waals surface area contributed by atoms with E-state index in [1.807, 2.05) is 0 Å². The van der Waals surface area contributed by atoms with Crippen molar-refractivity contribution in [2.75, 3.05) is 0 Å². The molecule has 0 fully saturated rings. The van der Waals surface area contributed by atoms with Crippen LogP contribution in [0.1, 0.15) is 37.8 Å². The summed E-state index contributed by atoms with van der Waals surface area (Å²) in [6.07, 6.45) is 4.87. The van der Waals surface area contributed by atoms with Gasteiger partial charge in [0.05, 0.1) is 0 Å². The van der Waals surface area contributed by atoms with Gasteiger partial charge >= 0.3 is 25.8 Å². The molecule has 0 bridgehead atoms. The molecule has 0 atom stereocenters. The molecule has 0 aliphatic rings. The Bertz CT molecular complexity index is 753. The summed E-state index contributed by atoms with van der Waals surface area (Å²) >= 11 is 0. The van der Waals surface area contributed by atoms with Crippen molar-refractivity contribution in [3.05, 3.63) is 98.8 Å². The molecule has 0 spiro atoms. The van der Waals surface area contributed by atoms with Crippen molar-refractivity contribution < 1.29 is 25.8 Å². The number of aryl methyl sites for hydroxylation is 2. The molecule has 0 heterocycles. The largest absolute Gasteiger partial charge is 4.00 e. The SMILES string of the molecule is CCCc1cc2ccccc2[cH-]1.CCCc1cc2ccccc2[cH-]1.[CH3-].[CH3-].[Hf+4]. The molecule has 0 N–H and O–H groups in total. The third-order valence-electron chi connectivity index (χ3n) is 4.43. The smallest absolute Gasteiger partial charge is 0.358 e. The summed E-state index contributed by atoms with van der Waals surface area (Å²) in [6, 6.07) is 26.2. The van der Waals surface area contributed by atoms with E-state index in [4.69, 9.17) is 0 Å². The van der Waals surface area contributed by atoms with Crippen LogP contribution in [0.25, 0.3) is 21.5 Å². The van der Waals surface area contributed by atoms with Crippen molar-refractivity contribution in [2.24, 2.45) is 0 Å². The average molecular weight is 523 g/mol. The van der Waals surface area contributed by atoms with E-state index in [2.05, 4.69) is 86.6 Å². The van der Waals surface area contributed by atoms with Gasteiger partial charge < -0.3 is 14.9 Å². The molecule has 0 amide bonds. The minimum absolute atomic E-state index is 0. The summed E-state index contributed by atoms with van der Waals surface area (Å²) in [5, 5.41) is 5.50. The van der Waals surface area contributed by atoms with E-state index in [9.17, 15) is 0 Å². The summed E-state index contributed by atoms with van der Waals surface area (Å²) in [5.41, 5.74) is 2.94. The molecule has 0 saturated heterocycles. The van der Waals surface area contributed by atoms with Crippen molar-refractivity contribution in [3.8, 4) is 0 Å². The van der Waals surface area contributed by atoms with Gasteiger partial charge in [0.1, 0.15) is 0 Å². The van der Waals surface area contributed by atoms with Gasteiger partial charge in [-0.3, -0.25) is 0 Å². The maximum absolute atomic E-state index is 2.29. The minimum Gasteiger partial charge on any atom is -0.358 e. The first-order chi connectivity index (χ1) is 11.8. The fourth-order valence-corrected chi connectivity index (χ4v) is 3.30. The second-order valence-electron chi connectivity index (χ2n) is 6.49. The van der Waals surface area contributed by atoms with Crippen LogP contribution in [-0.2, 0) is 38.7 Å². The number of hydrogen-bond donors (Lipinski definition) is 0. The van der Waals surface area contributed by atoms with E-state index >= 15 is 0 Å². The number of benzene rings is 2. The molecule has 4 rings (SSSR count). The molecule has 4 aromatic carbocycles. The Kier molecular flexibility index (Phi) is 12.1. The van der Waals surface area contributed by atoms with Gasteiger partial charge in [-0.25, -0.2) is 0 Å². The van der Waals surface area contributed by atoms with Gasteiger partial charge in [-0.1, -0.05) is 38.8 Å². The van der Waals surface area contributed by atoms with Gasteiger partial charge in [0.2, 0.25) is 0 Å². The molecule has 0 unspecified atom stereocenters. The molecule has 1 heteroatoms. The van der Waals surface area contributed by atoms with Crippen LogP contribution in [-0.4, -0.2) is 0 Å². The first-order valence-electron chi connectivity index (χ1n) is 9.09. The van der Waals surface area contributed by atoms with Crippen molar-refractivity contribution in [1.82, 2.24) is 0 Å². The Balaban J connectivity index is 0.000000451. The summed E-state index contributed by atoms with van der Waals surface area (Å²) in [7, 11) is 0. The summed E-state index contributed by atoms with van der Waals surface area (Å²) in [5.74, 6) is 0. The molecule has 0 aromatic heterocycles. The Morgan fingerprint density at radius 2 is 1.00 bits per heavy atom. The minimum atomic E-state index is 0. The maximum atomic E-state index is 2.29. The molecule has 0 radical (unpaired) electrons. The topological polar surface area (TPSA) is 0 Å². The van der Waals surface area contributed by atoms with Crippen molar-refractivity contribution in [2.45, 2.75) is 39.5 Å². The third kappa shape index (κ3) is 6.88.